The number of anilines is 1. The lowest BCUT2D eigenvalue weighted by Gasteiger charge is -2.36. The van der Waals surface area contributed by atoms with Crippen molar-refractivity contribution in [3.8, 4) is 0 Å². The van der Waals surface area contributed by atoms with Gasteiger partial charge in [0.15, 0.2) is 0 Å². The molecule has 6 nitrogen and oxygen atoms in total. The Hall–Kier alpha value is -1.66. The molecule has 22 heavy (non-hydrogen) atoms. The Balaban J connectivity index is 1.89. The van der Waals surface area contributed by atoms with E-state index in [1.807, 2.05) is 0 Å². The summed E-state index contributed by atoms with van der Waals surface area (Å²) >= 11 is 0. The maximum atomic E-state index is 11.5. The highest BCUT2D eigenvalue weighted by molar-refractivity contribution is 5.97. The number of primary amides is 1. The Morgan fingerprint density at radius 2 is 1.95 bits per heavy atom. The van der Waals surface area contributed by atoms with Gasteiger partial charge in [-0.1, -0.05) is 13.8 Å². The number of nitrogens with zero attached hydrogens (tertiary/aromatic N) is 4. The van der Waals surface area contributed by atoms with Gasteiger partial charge in [0, 0.05) is 45.5 Å². The largest absolute Gasteiger partial charge is 0.365 e. The summed E-state index contributed by atoms with van der Waals surface area (Å²) in [5, 5.41) is 0. The number of carbonyl (C=O) groups excluding carboxylic acids is 1. The van der Waals surface area contributed by atoms with E-state index in [4.69, 9.17) is 5.73 Å². The van der Waals surface area contributed by atoms with Crippen LogP contribution in [0.15, 0.2) is 18.3 Å². The first kappa shape index (κ1) is 16.7. The van der Waals surface area contributed by atoms with E-state index in [0.717, 1.165) is 58.2 Å². The molecule has 0 atom stereocenters. The van der Waals surface area contributed by atoms with Gasteiger partial charge in [0.05, 0.1) is 5.56 Å². The van der Waals surface area contributed by atoms with Gasteiger partial charge in [0.1, 0.15) is 5.82 Å². The molecule has 0 aliphatic carbocycles. The number of piperazine rings is 1. The normalized spacial score (nSPS) is 16.2. The maximum absolute atomic E-state index is 11.5. The van der Waals surface area contributed by atoms with E-state index in [0.29, 0.717) is 5.56 Å². The third-order valence-corrected chi connectivity index (χ3v) is 4.35. The fourth-order valence-corrected chi connectivity index (χ4v) is 2.85. The van der Waals surface area contributed by atoms with Crippen LogP contribution in [-0.2, 0) is 0 Å². The molecule has 0 spiro atoms. The zero-order chi connectivity index (χ0) is 15.9. The SMILES string of the molecule is CCN(CC)CCN1CCN(c2ncccc2C(N)=O)CC1. The van der Waals surface area contributed by atoms with E-state index < -0.39 is 5.91 Å². The molecule has 1 aromatic rings. The average molecular weight is 305 g/mol. The van der Waals surface area contributed by atoms with E-state index >= 15 is 0 Å². The number of hydrogen-bond donors (Lipinski definition) is 1. The molecule has 0 bridgehead atoms. The predicted octanol–water partition coefficient (Wildman–Crippen LogP) is 0.644. The van der Waals surface area contributed by atoms with Gasteiger partial charge in [-0.05, 0) is 25.2 Å². The molecule has 1 saturated heterocycles. The lowest BCUT2D eigenvalue weighted by atomic mass is 10.2. The van der Waals surface area contributed by atoms with E-state index in [-0.39, 0.29) is 0 Å². The number of aromatic nitrogens is 1. The van der Waals surface area contributed by atoms with Crippen LogP contribution < -0.4 is 10.6 Å². The summed E-state index contributed by atoms with van der Waals surface area (Å²) in [5.74, 6) is 0.311. The minimum Gasteiger partial charge on any atom is -0.365 e. The molecule has 0 radical (unpaired) electrons. The van der Waals surface area contributed by atoms with E-state index in [2.05, 4.69) is 33.5 Å². The van der Waals surface area contributed by atoms with E-state index in [1.165, 1.54) is 0 Å². The maximum Gasteiger partial charge on any atom is 0.252 e. The Morgan fingerprint density at radius 3 is 2.55 bits per heavy atom. The Morgan fingerprint density at radius 1 is 1.27 bits per heavy atom. The lowest BCUT2D eigenvalue weighted by Crippen LogP contribution is -2.49. The number of hydrogen-bond acceptors (Lipinski definition) is 5. The predicted molar refractivity (Wildman–Crippen MR) is 89.2 cm³/mol. The summed E-state index contributed by atoms with van der Waals surface area (Å²) in [6.07, 6.45) is 1.72. The van der Waals surface area contributed by atoms with Crippen LogP contribution in [0.3, 0.4) is 0 Å². The molecule has 1 aliphatic heterocycles. The molecular weight excluding hydrogens is 278 g/mol. The van der Waals surface area contributed by atoms with Crippen LogP contribution in [-0.4, -0.2) is 73.0 Å². The molecule has 1 fully saturated rings. The molecule has 0 saturated carbocycles. The molecule has 1 aromatic heterocycles. The average Bonchev–Trinajstić information content (AvgIpc) is 2.56. The van der Waals surface area contributed by atoms with E-state index in [9.17, 15) is 4.79 Å². The van der Waals surface area contributed by atoms with Gasteiger partial charge >= 0.3 is 0 Å². The summed E-state index contributed by atoms with van der Waals surface area (Å²) in [4.78, 5) is 22.9. The first-order valence-electron chi connectivity index (χ1n) is 8.10. The molecule has 1 aliphatic rings. The number of nitrogens with two attached hydrogens (primary N) is 1. The molecule has 2 heterocycles. The molecule has 122 valence electrons. The summed E-state index contributed by atoms with van der Waals surface area (Å²) in [7, 11) is 0. The topological polar surface area (TPSA) is 65.7 Å². The third-order valence-electron chi connectivity index (χ3n) is 4.35. The molecule has 6 heteroatoms. The summed E-state index contributed by atoms with van der Waals surface area (Å²) in [6, 6.07) is 3.50. The first-order valence-corrected chi connectivity index (χ1v) is 8.10. The van der Waals surface area contributed by atoms with Gasteiger partial charge in [-0.2, -0.15) is 0 Å². The summed E-state index contributed by atoms with van der Waals surface area (Å²) in [6.45, 7) is 12.6. The Kier molecular flexibility index (Phi) is 6.15. The zero-order valence-electron chi connectivity index (χ0n) is 13.7. The molecule has 2 rings (SSSR count). The van der Waals surface area contributed by atoms with Crippen LogP contribution in [0.1, 0.15) is 24.2 Å². The highest BCUT2D eigenvalue weighted by Gasteiger charge is 2.21. The van der Waals surface area contributed by atoms with Crippen molar-refractivity contribution in [1.82, 2.24) is 14.8 Å². The van der Waals surface area contributed by atoms with Crippen molar-refractivity contribution < 1.29 is 4.79 Å². The van der Waals surface area contributed by atoms with Crippen LogP contribution >= 0.6 is 0 Å². The van der Waals surface area contributed by atoms with E-state index in [1.54, 1.807) is 18.3 Å². The van der Waals surface area contributed by atoms with Crippen LogP contribution in [0.25, 0.3) is 0 Å². The lowest BCUT2D eigenvalue weighted by molar-refractivity contribution is 0.1000. The van der Waals surface area contributed by atoms with Gasteiger partial charge < -0.3 is 15.5 Å². The summed E-state index contributed by atoms with van der Waals surface area (Å²) < 4.78 is 0. The highest BCUT2D eigenvalue weighted by atomic mass is 16.1. The van der Waals surface area contributed by atoms with Crippen LogP contribution in [0.5, 0.6) is 0 Å². The van der Waals surface area contributed by atoms with Gasteiger partial charge in [-0.3, -0.25) is 9.69 Å². The molecular formula is C16H27N5O. The van der Waals surface area contributed by atoms with Gasteiger partial charge in [-0.25, -0.2) is 4.98 Å². The second-order valence-electron chi connectivity index (χ2n) is 5.59. The second kappa shape index (κ2) is 8.10. The first-order chi connectivity index (χ1) is 10.7. The number of carbonyl (C=O) groups is 1. The highest BCUT2D eigenvalue weighted by Crippen LogP contribution is 2.18. The second-order valence-corrected chi connectivity index (χ2v) is 5.59. The van der Waals surface area contributed by atoms with Crippen LogP contribution in [0.4, 0.5) is 5.82 Å². The van der Waals surface area contributed by atoms with Crippen molar-refractivity contribution in [2.24, 2.45) is 5.73 Å². The van der Waals surface area contributed by atoms with Crippen molar-refractivity contribution in [3.05, 3.63) is 23.9 Å². The standard InChI is InChI=1S/C16H27N5O/c1-3-19(4-2)8-9-20-10-12-21(13-11-20)16-14(15(17)22)6-5-7-18-16/h5-7H,3-4,8-13H2,1-2H3,(H2,17,22). The summed E-state index contributed by atoms with van der Waals surface area (Å²) in [5.41, 5.74) is 5.95. The Bertz CT molecular complexity index is 481. The van der Waals surface area contributed by atoms with Crippen LogP contribution in [0.2, 0.25) is 0 Å². The Labute approximate surface area is 132 Å². The van der Waals surface area contributed by atoms with Crippen molar-refractivity contribution in [3.63, 3.8) is 0 Å². The molecule has 0 aromatic carbocycles. The number of amides is 1. The third kappa shape index (κ3) is 4.18. The van der Waals surface area contributed by atoms with Crippen molar-refractivity contribution in [2.75, 3.05) is 57.3 Å². The van der Waals surface area contributed by atoms with Gasteiger partial charge in [0.25, 0.3) is 5.91 Å². The monoisotopic (exact) mass is 305 g/mol. The van der Waals surface area contributed by atoms with Crippen molar-refractivity contribution in [1.29, 1.82) is 0 Å². The number of pyridine rings is 1. The quantitative estimate of drug-likeness (QED) is 0.801. The smallest absolute Gasteiger partial charge is 0.252 e. The number of likely N-dealkylation sites (N-methyl/N-ethyl adjacent to an activating group) is 1. The minimum absolute atomic E-state index is 0.410. The molecule has 0 unspecified atom stereocenters. The zero-order valence-corrected chi connectivity index (χ0v) is 13.7. The van der Waals surface area contributed by atoms with Gasteiger partial charge in [0.2, 0.25) is 0 Å². The minimum atomic E-state index is -0.410. The molecule has 2 N–H and O–H groups in total. The van der Waals surface area contributed by atoms with Crippen molar-refractivity contribution in [2.45, 2.75) is 13.8 Å². The number of rotatable bonds is 7. The van der Waals surface area contributed by atoms with Gasteiger partial charge in [-0.15, -0.1) is 0 Å². The molecule has 1 amide bonds. The fourth-order valence-electron chi connectivity index (χ4n) is 2.85. The fraction of sp³-hybridized carbons (Fsp3) is 0.625. The van der Waals surface area contributed by atoms with Crippen molar-refractivity contribution >= 4 is 11.7 Å². The van der Waals surface area contributed by atoms with Crippen LogP contribution in [0, 0.1) is 0 Å².